The number of urea groups is 1. The van der Waals surface area contributed by atoms with Gasteiger partial charge < -0.3 is 24.8 Å². The van der Waals surface area contributed by atoms with Crippen LogP contribution in [0.4, 0.5) is 10.5 Å². The summed E-state index contributed by atoms with van der Waals surface area (Å²) in [7, 11) is 4.62. The van der Waals surface area contributed by atoms with Crippen LogP contribution in [0.3, 0.4) is 0 Å². The quantitative estimate of drug-likeness (QED) is 0.776. The molecule has 0 atom stereocenters. The highest BCUT2D eigenvalue weighted by Crippen LogP contribution is 2.47. The molecule has 0 bridgehead atoms. The minimum atomic E-state index is -0.261. The molecular weight excluding hydrogens is 344 g/mol. The van der Waals surface area contributed by atoms with E-state index in [-0.39, 0.29) is 11.4 Å². The zero-order valence-electron chi connectivity index (χ0n) is 16.2. The van der Waals surface area contributed by atoms with Crippen molar-refractivity contribution in [1.82, 2.24) is 5.32 Å². The van der Waals surface area contributed by atoms with Crippen LogP contribution in [0.15, 0.2) is 36.4 Å². The molecule has 1 aliphatic carbocycles. The first-order valence-corrected chi connectivity index (χ1v) is 8.93. The number of carbonyl (C=O) groups excluding carboxylic acids is 1. The molecule has 0 radical (unpaired) electrons. The summed E-state index contributed by atoms with van der Waals surface area (Å²) < 4.78 is 15.9. The molecule has 2 aromatic carbocycles. The fourth-order valence-electron chi connectivity index (χ4n) is 3.20. The zero-order valence-corrected chi connectivity index (χ0v) is 16.2. The second-order valence-electron chi connectivity index (χ2n) is 6.87. The minimum Gasteiger partial charge on any atom is -0.493 e. The van der Waals surface area contributed by atoms with Gasteiger partial charge in [0.25, 0.3) is 0 Å². The van der Waals surface area contributed by atoms with Crippen molar-refractivity contribution >= 4 is 11.7 Å². The molecule has 0 heterocycles. The number of anilines is 1. The van der Waals surface area contributed by atoms with E-state index in [0.717, 1.165) is 12.8 Å². The zero-order chi connectivity index (χ0) is 19.4. The molecule has 27 heavy (non-hydrogen) atoms. The fourth-order valence-corrected chi connectivity index (χ4v) is 3.20. The lowest BCUT2D eigenvalue weighted by Crippen LogP contribution is -2.35. The molecule has 1 fully saturated rings. The van der Waals surface area contributed by atoms with Gasteiger partial charge in [-0.3, -0.25) is 0 Å². The summed E-state index contributed by atoms with van der Waals surface area (Å²) in [6.07, 6.45) is 2.17. The number of hydrogen-bond donors (Lipinski definition) is 2. The van der Waals surface area contributed by atoms with Crippen LogP contribution in [-0.2, 0) is 5.41 Å². The van der Waals surface area contributed by atoms with Gasteiger partial charge in [0.1, 0.15) is 0 Å². The van der Waals surface area contributed by atoms with E-state index in [2.05, 4.69) is 41.8 Å². The number of hydrogen-bond acceptors (Lipinski definition) is 4. The van der Waals surface area contributed by atoms with Crippen LogP contribution in [0.2, 0.25) is 0 Å². The maximum atomic E-state index is 12.4. The van der Waals surface area contributed by atoms with Crippen LogP contribution in [0.1, 0.15) is 24.0 Å². The van der Waals surface area contributed by atoms with E-state index >= 15 is 0 Å². The van der Waals surface area contributed by atoms with Gasteiger partial charge in [-0.2, -0.15) is 0 Å². The summed E-state index contributed by atoms with van der Waals surface area (Å²) in [5, 5.41) is 5.83. The predicted molar refractivity (Wildman–Crippen MR) is 105 cm³/mol. The molecule has 3 rings (SSSR count). The largest absolute Gasteiger partial charge is 0.493 e. The smallest absolute Gasteiger partial charge is 0.319 e. The molecule has 0 saturated heterocycles. The van der Waals surface area contributed by atoms with E-state index in [0.29, 0.717) is 29.5 Å². The summed E-state index contributed by atoms with van der Waals surface area (Å²) in [5.74, 6) is 1.47. The summed E-state index contributed by atoms with van der Waals surface area (Å²) in [6, 6.07) is 11.7. The standard InChI is InChI=1S/C21H26N2O4/c1-14-5-7-15(8-6-14)21(9-10-21)13-22-20(24)23-16-11-17(25-2)19(27-4)18(12-16)26-3/h5-8,11-12H,9-10,13H2,1-4H3,(H2,22,23,24). The molecule has 1 saturated carbocycles. The molecule has 0 aromatic heterocycles. The van der Waals surface area contributed by atoms with Crippen molar-refractivity contribution in [2.75, 3.05) is 33.2 Å². The SMILES string of the molecule is COc1cc(NC(=O)NCC2(c3ccc(C)cc3)CC2)cc(OC)c1OC. The average molecular weight is 370 g/mol. The van der Waals surface area contributed by atoms with Crippen molar-refractivity contribution in [3.63, 3.8) is 0 Å². The van der Waals surface area contributed by atoms with E-state index in [1.54, 1.807) is 33.5 Å². The van der Waals surface area contributed by atoms with Crippen LogP contribution >= 0.6 is 0 Å². The minimum absolute atomic E-state index is 0.0559. The Bertz CT molecular complexity index is 788. The number of carbonyl (C=O) groups is 1. The predicted octanol–water partition coefficient (Wildman–Crippen LogP) is 3.87. The van der Waals surface area contributed by atoms with Gasteiger partial charge in [-0.05, 0) is 25.3 Å². The Kier molecular flexibility index (Phi) is 5.44. The summed E-state index contributed by atoms with van der Waals surface area (Å²) in [6.45, 7) is 2.68. The topological polar surface area (TPSA) is 68.8 Å². The molecular formula is C21H26N2O4. The maximum absolute atomic E-state index is 12.4. The maximum Gasteiger partial charge on any atom is 0.319 e. The van der Waals surface area contributed by atoms with E-state index in [9.17, 15) is 4.79 Å². The van der Waals surface area contributed by atoms with Gasteiger partial charge >= 0.3 is 6.03 Å². The lowest BCUT2D eigenvalue weighted by molar-refractivity contribution is 0.251. The molecule has 144 valence electrons. The second-order valence-corrected chi connectivity index (χ2v) is 6.87. The first kappa shape index (κ1) is 18.9. The molecule has 2 aromatic rings. The highest BCUT2D eigenvalue weighted by molar-refractivity contribution is 5.90. The molecule has 0 unspecified atom stereocenters. The van der Waals surface area contributed by atoms with E-state index in [4.69, 9.17) is 14.2 Å². The highest BCUT2D eigenvalue weighted by atomic mass is 16.5. The van der Waals surface area contributed by atoms with Crippen molar-refractivity contribution in [3.8, 4) is 17.2 Å². The summed E-state index contributed by atoms with van der Waals surface area (Å²) in [4.78, 5) is 12.4. The molecule has 0 spiro atoms. The van der Waals surface area contributed by atoms with Crippen LogP contribution in [-0.4, -0.2) is 33.9 Å². The Morgan fingerprint density at radius 2 is 1.59 bits per heavy atom. The van der Waals surface area contributed by atoms with Crippen molar-refractivity contribution in [3.05, 3.63) is 47.5 Å². The van der Waals surface area contributed by atoms with Crippen LogP contribution in [0.5, 0.6) is 17.2 Å². The Labute approximate surface area is 159 Å². The lowest BCUT2D eigenvalue weighted by Gasteiger charge is -2.18. The van der Waals surface area contributed by atoms with Crippen LogP contribution in [0.25, 0.3) is 0 Å². The van der Waals surface area contributed by atoms with Gasteiger partial charge in [-0.25, -0.2) is 4.79 Å². The van der Waals surface area contributed by atoms with Crippen molar-refractivity contribution < 1.29 is 19.0 Å². The molecule has 2 N–H and O–H groups in total. The van der Waals surface area contributed by atoms with Gasteiger partial charge in [0.05, 0.1) is 27.0 Å². The first-order chi connectivity index (χ1) is 13.0. The third-order valence-corrected chi connectivity index (χ3v) is 5.03. The second kappa shape index (κ2) is 7.78. The number of aryl methyl sites for hydroxylation is 1. The van der Waals surface area contributed by atoms with Gasteiger partial charge in [-0.1, -0.05) is 29.8 Å². The highest BCUT2D eigenvalue weighted by Gasteiger charge is 2.44. The normalized spacial score (nSPS) is 14.2. The molecule has 6 nitrogen and oxygen atoms in total. The lowest BCUT2D eigenvalue weighted by atomic mass is 9.95. The van der Waals surface area contributed by atoms with Gasteiger partial charge in [0.2, 0.25) is 5.75 Å². The molecule has 2 amide bonds. The Hall–Kier alpha value is -2.89. The average Bonchev–Trinajstić information content (AvgIpc) is 3.47. The Morgan fingerprint density at radius 1 is 1.00 bits per heavy atom. The third-order valence-electron chi connectivity index (χ3n) is 5.03. The van der Waals surface area contributed by atoms with Crippen LogP contribution < -0.4 is 24.8 Å². The molecule has 1 aliphatic rings. The van der Waals surface area contributed by atoms with Gasteiger partial charge in [0, 0.05) is 24.1 Å². The monoisotopic (exact) mass is 370 g/mol. The third kappa shape index (κ3) is 4.10. The number of benzene rings is 2. The fraction of sp³-hybridized carbons (Fsp3) is 0.381. The van der Waals surface area contributed by atoms with Gasteiger partial charge in [-0.15, -0.1) is 0 Å². The van der Waals surface area contributed by atoms with Crippen LogP contribution in [0, 0.1) is 6.92 Å². The van der Waals surface area contributed by atoms with Crippen molar-refractivity contribution in [1.29, 1.82) is 0 Å². The van der Waals surface area contributed by atoms with Crippen molar-refractivity contribution in [2.45, 2.75) is 25.2 Å². The number of amides is 2. The first-order valence-electron chi connectivity index (χ1n) is 8.93. The van der Waals surface area contributed by atoms with E-state index in [1.165, 1.54) is 11.1 Å². The van der Waals surface area contributed by atoms with Crippen molar-refractivity contribution in [2.24, 2.45) is 0 Å². The number of methoxy groups -OCH3 is 3. The molecule has 0 aliphatic heterocycles. The summed E-state index contributed by atoms with van der Waals surface area (Å²) >= 11 is 0. The van der Waals surface area contributed by atoms with E-state index < -0.39 is 0 Å². The number of nitrogens with one attached hydrogen (secondary N) is 2. The Morgan fingerprint density at radius 3 is 2.07 bits per heavy atom. The van der Waals surface area contributed by atoms with E-state index in [1.807, 2.05) is 0 Å². The number of ether oxygens (including phenoxy) is 3. The van der Waals surface area contributed by atoms with Gasteiger partial charge in [0.15, 0.2) is 11.5 Å². The Balaban J connectivity index is 1.65. The summed E-state index contributed by atoms with van der Waals surface area (Å²) in [5.41, 5.74) is 3.14. The number of rotatable bonds is 7. The molecule has 6 heteroatoms.